The summed E-state index contributed by atoms with van der Waals surface area (Å²) in [7, 11) is 0. The first-order chi connectivity index (χ1) is 7.09. The number of likely N-dealkylation sites (tertiary alicyclic amines) is 1. The molecule has 3 nitrogen and oxygen atoms in total. The van der Waals surface area contributed by atoms with Crippen molar-refractivity contribution in [2.24, 2.45) is 11.7 Å². The second-order valence-electron chi connectivity index (χ2n) is 4.28. The Bertz CT molecular complexity index is 364. The van der Waals surface area contributed by atoms with Crippen LogP contribution in [0.25, 0.3) is 0 Å². The predicted molar refractivity (Wildman–Crippen MR) is 62.1 cm³/mol. The van der Waals surface area contributed by atoms with Gasteiger partial charge >= 0.3 is 0 Å². The summed E-state index contributed by atoms with van der Waals surface area (Å²) in [6, 6.07) is 2.12. The summed E-state index contributed by atoms with van der Waals surface area (Å²) in [6.07, 6.45) is 0. The summed E-state index contributed by atoms with van der Waals surface area (Å²) < 4.78 is 0. The summed E-state index contributed by atoms with van der Waals surface area (Å²) >= 11 is 1.51. The molecule has 2 heterocycles. The van der Waals surface area contributed by atoms with Crippen molar-refractivity contribution in [2.45, 2.75) is 19.9 Å². The van der Waals surface area contributed by atoms with Gasteiger partial charge in [0, 0.05) is 19.1 Å². The molecule has 1 amide bonds. The Morgan fingerprint density at radius 1 is 1.60 bits per heavy atom. The van der Waals surface area contributed by atoms with E-state index in [1.807, 2.05) is 23.3 Å². The Morgan fingerprint density at radius 3 is 2.80 bits per heavy atom. The first kappa shape index (κ1) is 10.6. The average Bonchev–Trinajstić information content (AvgIpc) is 2.74. The molecule has 0 aromatic carbocycles. The summed E-state index contributed by atoms with van der Waals surface area (Å²) in [5.74, 6) is 0.552. The van der Waals surface area contributed by atoms with Crippen LogP contribution >= 0.6 is 11.3 Å². The zero-order valence-corrected chi connectivity index (χ0v) is 9.88. The maximum absolute atomic E-state index is 12.1. The highest BCUT2D eigenvalue weighted by Crippen LogP contribution is 2.22. The van der Waals surface area contributed by atoms with E-state index in [-0.39, 0.29) is 11.9 Å². The van der Waals surface area contributed by atoms with Gasteiger partial charge in [-0.15, -0.1) is 11.3 Å². The second-order valence-corrected chi connectivity index (χ2v) is 5.20. The highest BCUT2D eigenvalue weighted by atomic mass is 32.1. The SMILES string of the molecule is Cc1ccsc1C(=O)N1CC(C)C(N)C1. The quantitative estimate of drug-likeness (QED) is 0.785. The first-order valence-electron chi connectivity index (χ1n) is 5.18. The molecule has 2 rings (SSSR count). The van der Waals surface area contributed by atoms with E-state index in [0.717, 1.165) is 17.0 Å². The normalized spacial score (nSPS) is 25.9. The summed E-state index contributed by atoms with van der Waals surface area (Å²) in [4.78, 5) is 14.8. The van der Waals surface area contributed by atoms with Gasteiger partial charge in [-0.3, -0.25) is 4.79 Å². The fourth-order valence-corrected chi connectivity index (χ4v) is 2.79. The number of carbonyl (C=O) groups excluding carboxylic acids is 1. The lowest BCUT2D eigenvalue weighted by Gasteiger charge is -2.15. The third-order valence-electron chi connectivity index (χ3n) is 3.01. The van der Waals surface area contributed by atoms with Crippen molar-refractivity contribution in [3.8, 4) is 0 Å². The van der Waals surface area contributed by atoms with E-state index in [1.54, 1.807) is 0 Å². The smallest absolute Gasteiger partial charge is 0.264 e. The van der Waals surface area contributed by atoms with E-state index < -0.39 is 0 Å². The average molecular weight is 224 g/mol. The number of hydrogen-bond donors (Lipinski definition) is 1. The highest BCUT2D eigenvalue weighted by Gasteiger charge is 2.31. The summed E-state index contributed by atoms with van der Waals surface area (Å²) in [5, 5.41) is 1.96. The molecule has 0 aliphatic carbocycles. The number of aryl methyl sites for hydroxylation is 1. The number of nitrogens with two attached hydrogens (primary N) is 1. The second kappa shape index (κ2) is 3.94. The molecule has 1 fully saturated rings. The Morgan fingerprint density at radius 2 is 2.33 bits per heavy atom. The van der Waals surface area contributed by atoms with E-state index in [0.29, 0.717) is 12.5 Å². The van der Waals surface area contributed by atoms with Crippen LogP contribution in [0.15, 0.2) is 11.4 Å². The van der Waals surface area contributed by atoms with Gasteiger partial charge in [0.2, 0.25) is 0 Å². The van der Waals surface area contributed by atoms with E-state index in [4.69, 9.17) is 5.73 Å². The molecule has 1 saturated heterocycles. The van der Waals surface area contributed by atoms with Crippen molar-refractivity contribution in [1.82, 2.24) is 4.90 Å². The molecule has 82 valence electrons. The monoisotopic (exact) mass is 224 g/mol. The lowest BCUT2D eigenvalue weighted by atomic mass is 10.1. The molecule has 1 aromatic heterocycles. The predicted octanol–water partition coefficient (Wildman–Crippen LogP) is 1.48. The number of hydrogen-bond acceptors (Lipinski definition) is 3. The molecule has 1 aliphatic heterocycles. The van der Waals surface area contributed by atoms with E-state index in [9.17, 15) is 4.79 Å². The molecule has 2 unspecified atom stereocenters. The molecule has 2 atom stereocenters. The molecular weight excluding hydrogens is 208 g/mol. The molecule has 0 spiro atoms. The Labute approximate surface area is 93.9 Å². The molecule has 15 heavy (non-hydrogen) atoms. The molecule has 1 aliphatic rings. The topological polar surface area (TPSA) is 46.3 Å². The van der Waals surface area contributed by atoms with Gasteiger partial charge < -0.3 is 10.6 Å². The zero-order chi connectivity index (χ0) is 11.0. The van der Waals surface area contributed by atoms with Crippen LogP contribution in [0.5, 0.6) is 0 Å². The van der Waals surface area contributed by atoms with Gasteiger partial charge in [-0.1, -0.05) is 6.92 Å². The fraction of sp³-hybridized carbons (Fsp3) is 0.545. The van der Waals surface area contributed by atoms with Gasteiger partial charge in [0.1, 0.15) is 0 Å². The number of nitrogens with zero attached hydrogens (tertiary/aromatic N) is 1. The van der Waals surface area contributed by atoms with Gasteiger partial charge in [0.25, 0.3) is 5.91 Å². The van der Waals surface area contributed by atoms with Crippen molar-refractivity contribution in [2.75, 3.05) is 13.1 Å². The minimum Gasteiger partial charge on any atom is -0.336 e. The van der Waals surface area contributed by atoms with Crippen molar-refractivity contribution < 1.29 is 4.79 Å². The van der Waals surface area contributed by atoms with E-state index >= 15 is 0 Å². The molecule has 4 heteroatoms. The van der Waals surface area contributed by atoms with Crippen LogP contribution in [-0.4, -0.2) is 29.9 Å². The van der Waals surface area contributed by atoms with Crippen LogP contribution in [0.1, 0.15) is 22.2 Å². The van der Waals surface area contributed by atoms with Crippen LogP contribution in [0.2, 0.25) is 0 Å². The lowest BCUT2D eigenvalue weighted by Crippen LogP contribution is -2.32. The molecule has 2 N–H and O–H groups in total. The Hall–Kier alpha value is -0.870. The third kappa shape index (κ3) is 1.92. The van der Waals surface area contributed by atoms with Gasteiger partial charge in [0.05, 0.1) is 4.88 Å². The van der Waals surface area contributed by atoms with E-state index in [1.165, 1.54) is 11.3 Å². The van der Waals surface area contributed by atoms with Crippen molar-refractivity contribution in [1.29, 1.82) is 0 Å². The minimum atomic E-state index is 0.134. The molecular formula is C11H16N2OS. The van der Waals surface area contributed by atoms with E-state index in [2.05, 4.69) is 6.92 Å². The van der Waals surface area contributed by atoms with Crippen molar-refractivity contribution >= 4 is 17.2 Å². The Kier molecular flexibility index (Phi) is 2.80. The highest BCUT2D eigenvalue weighted by molar-refractivity contribution is 7.12. The van der Waals surface area contributed by atoms with Crippen LogP contribution in [-0.2, 0) is 0 Å². The van der Waals surface area contributed by atoms with Gasteiger partial charge in [-0.2, -0.15) is 0 Å². The molecule has 1 aromatic rings. The minimum absolute atomic E-state index is 0.134. The number of thiophene rings is 1. The van der Waals surface area contributed by atoms with Crippen molar-refractivity contribution in [3.05, 3.63) is 21.9 Å². The van der Waals surface area contributed by atoms with Gasteiger partial charge in [-0.05, 0) is 29.9 Å². The van der Waals surface area contributed by atoms with Crippen LogP contribution in [0.3, 0.4) is 0 Å². The zero-order valence-electron chi connectivity index (χ0n) is 9.06. The van der Waals surface area contributed by atoms with Gasteiger partial charge in [-0.25, -0.2) is 0 Å². The number of amides is 1. The maximum Gasteiger partial charge on any atom is 0.264 e. The summed E-state index contributed by atoms with van der Waals surface area (Å²) in [5.41, 5.74) is 6.98. The summed E-state index contributed by atoms with van der Waals surface area (Å²) in [6.45, 7) is 5.55. The maximum atomic E-state index is 12.1. The molecule has 0 radical (unpaired) electrons. The standard InChI is InChI=1S/C11H16N2OS/c1-7-3-4-15-10(7)11(14)13-5-8(2)9(12)6-13/h3-4,8-9H,5-6,12H2,1-2H3. The number of carbonyl (C=O) groups is 1. The van der Waals surface area contributed by atoms with Crippen LogP contribution < -0.4 is 5.73 Å². The fourth-order valence-electron chi connectivity index (χ4n) is 1.89. The lowest BCUT2D eigenvalue weighted by molar-refractivity contribution is 0.0791. The number of rotatable bonds is 1. The van der Waals surface area contributed by atoms with Crippen LogP contribution in [0, 0.1) is 12.8 Å². The van der Waals surface area contributed by atoms with Gasteiger partial charge in [0.15, 0.2) is 0 Å². The third-order valence-corrected chi connectivity index (χ3v) is 4.02. The van der Waals surface area contributed by atoms with Crippen LogP contribution in [0.4, 0.5) is 0 Å². The van der Waals surface area contributed by atoms with Crippen molar-refractivity contribution in [3.63, 3.8) is 0 Å². The Balaban J connectivity index is 2.13. The molecule has 0 bridgehead atoms. The first-order valence-corrected chi connectivity index (χ1v) is 6.06. The largest absolute Gasteiger partial charge is 0.336 e. The molecule has 0 saturated carbocycles.